The second-order valence-corrected chi connectivity index (χ2v) is 7.31. The van der Waals surface area contributed by atoms with Crippen LogP contribution in [0.2, 0.25) is 0 Å². The van der Waals surface area contributed by atoms with Gasteiger partial charge in [0, 0.05) is 23.6 Å². The number of carbonyl (C=O) groups is 1. The Morgan fingerprint density at radius 2 is 2.04 bits per heavy atom. The zero-order valence-electron chi connectivity index (χ0n) is 15.0. The average molecular weight is 400 g/mol. The highest BCUT2D eigenvalue weighted by Crippen LogP contribution is 2.35. The van der Waals surface area contributed by atoms with E-state index in [-0.39, 0.29) is 18.5 Å². The topological polar surface area (TPSA) is 69.7 Å². The number of benzene rings is 2. The molecule has 6 nitrogen and oxygen atoms in total. The number of rotatable bonds is 6. The van der Waals surface area contributed by atoms with Gasteiger partial charge >= 0.3 is 0 Å². The zero-order valence-corrected chi connectivity index (χ0v) is 15.8. The molecule has 1 aromatic heterocycles. The number of nitrogens with one attached hydrogen (secondary N) is 1. The van der Waals surface area contributed by atoms with Crippen LogP contribution in [0.1, 0.15) is 17.4 Å². The number of hydrogen-bond acceptors (Lipinski definition) is 6. The van der Waals surface area contributed by atoms with E-state index in [1.54, 1.807) is 43.5 Å². The zero-order chi connectivity index (χ0) is 19.5. The number of hydrogen-bond donors (Lipinski definition) is 1. The summed E-state index contributed by atoms with van der Waals surface area (Å²) in [6.07, 6.45) is 1.61. The molecule has 0 spiro atoms. The van der Waals surface area contributed by atoms with Gasteiger partial charge in [-0.15, -0.1) is 11.3 Å². The summed E-state index contributed by atoms with van der Waals surface area (Å²) in [6.45, 7) is 1.84. The first-order chi connectivity index (χ1) is 13.6. The molecule has 3 aromatic rings. The third-order valence-corrected chi connectivity index (χ3v) is 5.01. The Labute approximate surface area is 164 Å². The third-order valence-electron chi connectivity index (χ3n) is 4.10. The molecule has 1 amide bonds. The number of ether oxygens (including phenoxy) is 3. The van der Waals surface area contributed by atoms with E-state index in [4.69, 9.17) is 14.2 Å². The lowest BCUT2D eigenvalue weighted by Gasteiger charge is -2.14. The molecule has 1 aliphatic rings. The Morgan fingerprint density at radius 1 is 1.25 bits per heavy atom. The van der Waals surface area contributed by atoms with E-state index in [2.05, 4.69) is 10.3 Å². The van der Waals surface area contributed by atoms with Crippen LogP contribution in [-0.4, -0.2) is 23.8 Å². The number of carbonyl (C=O) groups excluding carboxylic acids is 1. The van der Waals surface area contributed by atoms with Crippen LogP contribution in [0.4, 0.5) is 9.52 Å². The van der Waals surface area contributed by atoms with Crippen LogP contribution in [0, 0.1) is 5.82 Å². The maximum Gasteiger partial charge on any atom is 0.266 e. The summed E-state index contributed by atoms with van der Waals surface area (Å²) in [6, 6.07) is 11.5. The van der Waals surface area contributed by atoms with Gasteiger partial charge in [-0.3, -0.25) is 10.1 Å². The highest BCUT2D eigenvalue weighted by molar-refractivity contribution is 7.15. The van der Waals surface area contributed by atoms with Gasteiger partial charge in [0.2, 0.25) is 6.79 Å². The van der Waals surface area contributed by atoms with Gasteiger partial charge in [-0.25, -0.2) is 9.37 Å². The Balaban J connectivity index is 1.34. The normalized spacial score (nSPS) is 13.2. The summed E-state index contributed by atoms with van der Waals surface area (Å²) in [5.74, 6) is 1.19. The third kappa shape index (κ3) is 4.23. The van der Waals surface area contributed by atoms with Gasteiger partial charge in [0.05, 0.1) is 0 Å². The van der Waals surface area contributed by atoms with Crippen molar-refractivity contribution in [3.05, 3.63) is 64.9 Å². The molecule has 2 heterocycles. The minimum atomic E-state index is -0.718. The van der Waals surface area contributed by atoms with Crippen LogP contribution >= 0.6 is 11.3 Å². The predicted octanol–water partition coefficient (Wildman–Crippen LogP) is 4.01. The fraction of sp³-hybridized carbons (Fsp3) is 0.200. The van der Waals surface area contributed by atoms with E-state index >= 15 is 0 Å². The van der Waals surface area contributed by atoms with Crippen LogP contribution < -0.4 is 19.5 Å². The van der Waals surface area contributed by atoms with Crippen LogP contribution in [0.3, 0.4) is 0 Å². The molecular formula is C20H17FN2O4S. The van der Waals surface area contributed by atoms with E-state index in [1.807, 2.05) is 0 Å². The van der Waals surface area contributed by atoms with E-state index in [0.717, 1.165) is 10.4 Å². The van der Waals surface area contributed by atoms with Crippen molar-refractivity contribution in [1.29, 1.82) is 0 Å². The SMILES string of the molecule is CC(Oc1ccc2c(c1)OCO2)C(=O)Nc1ncc(Cc2ccc(F)cc2)s1. The Bertz CT molecular complexity index is 990. The minimum Gasteiger partial charge on any atom is -0.481 e. The number of nitrogens with zero attached hydrogens (tertiary/aromatic N) is 1. The molecule has 0 saturated heterocycles. The van der Waals surface area contributed by atoms with Crippen LogP contribution in [0.15, 0.2) is 48.7 Å². The number of halogens is 1. The fourth-order valence-electron chi connectivity index (χ4n) is 2.67. The molecule has 28 heavy (non-hydrogen) atoms. The van der Waals surface area contributed by atoms with Gasteiger partial charge in [0.1, 0.15) is 11.6 Å². The number of thiazole rings is 1. The lowest BCUT2D eigenvalue weighted by molar-refractivity contribution is -0.122. The van der Waals surface area contributed by atoms with Gasteiger partial charge in [0.15, 0.2) is 22.7 Å². The van der Waals surface area contributed by atoms with E-state index in [0.29, 0.717) is 28.8 Å². The smallest absolute Gasteiger partial charge is 0.266 e. The summed E-state index contributed by atoms with van der Waals surface area (Å²) in [4.78, 5) is 17.6. The number of aromatic nitrogens is 1. The standard InChI is InChI=1S/C20H17FN2O4S/c1-12(27-15-6-7-17-18(9-15)26-11-25-17)19(24)23-20-22-10-16(28-20)8-13-2-4-14(21)5-3-13/h2-7,9-10,12H,8,11H2,1H3,(H,22,23,24). The number of fused-ring (bicyclic) bond motifs is 1. The molecular weight excluding hydrogens is 383 g/mol. The van der Waals surface area contributed by atoms with Crippen molar-refractivity contribution < 1.29 is 23.4 Å². The first-order valence-corrected chi connectivity index (χ1v) is 9.45. The lowest BCUT2D eigenvalue weighted by Crippen LogP contribution is -2.30. The molecule has 1 N–H and O–H groups in total. The maximum absolute atomic E-state index is 13.0. The Kier molecular flexibility index (Phi) is 5.12. The van der Waals surface area contributed by atoms with E-state index in [9.17, 15) is 9.18 Å². The summed E-state index contributed by atoms with van der Waals surface area (Å²) in [7, 11) is 0. The molecule has 2 aromatic carbocycles. The van der Waals surface area contributed by atoms with Crippen LogP contribution in [0.25, 0.3) is 0 Å². The molecule has 0 fully saturated rings. The van der Waals surface area contributed by atoms with Crippen LogP contribution in [0.5, 0.6) is 17.2 Å². The molecule has 4 rings (SSSR count). The number of amides is 1. The van der Waals surface area contributed by atoms with Crippen LogP contribution in [-0.2, 0) is 11.2 Å². The van der Waals surface area contributed by atoms with Crippen molar-refractivity contribution in [2.75, 3.05) is 12.1 Å². The van der Waals surface area contributed by atoms with Gasteiger partial charge in [-0.1, -0.05) is 12.1 Å². The van der Waals surface area contributed by atoms with E-state index in [1.165, 1.54) is 23.5 Å². The van der Waals surface area contributed by atoms with Gasteiger partial charge in [0.25, 0.3) is 5.91 Å². The largest absolute Gasteiger partial charge is 0.481 e. The molecule has 8 heteroatoms. The molecule has 0 aliphatic carbocycles. The highest BCUT2D eigenvalue weighted by atomic mass is 32.1. The molecule has 144 valence electrons. The van der Waals surface area contributed by atoms with Crippen molar-refractivity contribution in [1.82, 2.24) is 4.98 Å². The summed E-state index contributed by atoms with van der Waals surface area (Å²) < 4.78 is 29.2. The van der Waals surface area contributed by atoms with Gasteiger partial charge in [-0.05, 0) is 36.8 Å². The molecule has 1 unspecified atom stereocenters. The Morgan fingerprint density at radius 3 is 2.86 bits per heavy atom. The minimum absolute atomic E-state index is 0.180. The van der Waals surface area contributed by atoms with Crippen molar-refractivity contribution in [2.24, 2.45) is 0 Å². The van der Waals surface area contributed by atoms with Crippen molar-refractivity contribution >= 4 is 22.4 Å². The molecule has 0 radical (unpaired) electrons. The van der Waals surface area contributed by atoms with Crippen molar-refractivity contribution in [3.8, 4) is 17.2 Å². The number of anilines is 1. The maximum atomic E-state index is 13.0. The van der Waals surface area contributed by atoms with Gasteiger partial charge in [-0.2, -0.15) is 0 Å². The van der Waals surface area contributed by atoms with Gasteiger partial charge < -0.3 is 14.2 Å². The van der Waals surface area contributed by atoms with E-state index < -0.39 is 6.10 Å². The second-order valence-electron chi connectivity index (χ2n) is 6.20. The quantitative estimate of drug-likeness (QED) is 0.677. The molecule has 1 aliphatic heterocycles. The Hall–Kier alpha value is -3.13. The molecule has 1 atom stereocenters. The van der Waals surface area contributed by atoms with Crippen molar-refractivity contribution in [2.45, 2.75) is 19.4 Å². The molecule has 0 bridgehead atoms. The fourth-order valence-corrected chi connectivity index (χ4v) is 3.51. The summed E-state index contributed by atoms with van der Waals surface area (Å²) in [5, 5.41) is 3.25. The van der Waals surface area contributed by atoms with Crippen molar-refractivity contribution in [3.63, 3.8) is 0 Å². The highest BCUT2D eigenvalue weighted by Gasteiger charge is 2.19. The lowest BCUT2D eigenvalue weighted by atomic mass is 10.1. The predicted molar refractivity (Wildman–Crippen MR) is 103 cm³/mol. The second kappa shape index (κ2) is 7.85. The summed E-state index contributed by atoms with van der Waals surface area (Å²) >= 11 is 1.37. The monoisotopic (exact) mass is 400 g/mol. The average Bonchev–Trinajstić information content (AvgIpc) is 3.32. The summed E-state index contributed by atoms with van der Waals surface area (Å²) in [5.41, 5.74) is 0.974. The molecule has 0 saturated carbocycles. The first kappa shape index (κ1) is 18.2. The first-order valence-electron chi connectivity index (χ1n) is 8.63.